The Bertz CT molecular complexity index is 1920. The molecule has 4 aromatic rings. The van der Waals surface area contributed by atoms with Crippen LogP contribution in [0.2, 0.25) is 0 Å². The molecule has 1 amide bonds. The molecular formula is C26H25F2N3O11S2. The van der Waals surface area contributed by atoms with Crippen LogP contribution in [0.5, 0.6) is 0 Å². The second kappa shape index (κ2) is 12.4. The molecule has 0 aliphatic carbocycles. The summed E-state index contributed by atoms with van der Waals surface area (Å²) in [4.78, 5) is 42.9. The highest BCUT2D eigenvalue weighted by Gasteiger charge is 2.29. The highest BCUT2D eigenvalue weighted by Crippen LogP contribution is 2.32. The van der Waals surface area contributed by atoms with E-state index >= 15 is 0 Å². The number of carboxylic acids is 3. The lowest BCUT2D eigenvalue weighted by atomic mass is 10.2. The van der Waals surface area contributed by atoms with Crippen molar-refractivity contribution in [2.24, 2.45) is 5.73 Å². The third-order valence-electron chi connectivity index (χ3n) is 6.31. The lowest BCUT2D eigenvalue weighted by Gasteiger charge is -2.05. The van der Waals surface area contributed by atoms with Crippen LogP contribution in [0, 0.1) is 25.5 Å². The molecule has 5 N–H and O–H groups in total. The van der Waals surface area contributed by atoms with Gasteiger partial charge in [0, 0.05) is 22.2 Å². The Morgan fingerprint density at radius 1 is 0.682 bits per heavy atom. The third-order valence-corrected chi connectivity index (χ3v) is 9.88. The maximum Gasteiger partial charge on any atom is 0.323 e. The molecular weight excluding hydrogens is 632 g/mol. The lowest BCUT2D eigenvalue weighted by molar-refractivity contribution is -0.138. The number of amides is 1. The zero-order valence-corrected chi connectivity index (χ0v) is 24.6. The molecule has 0 unspecified atom stereocenters. The van der Waals surface area contributed by atoms with Crippen molar-refractivity contribution in [2.45, 2.75) is 36.7 Å². The van der Waals surface area contributed by atoms with Gasteiger partial charge in [-0.05, 0) is 50.2 Å². The zero-order chi connectivity index (χ0) is 33.3. The number of carbonyl (C=O) groups excluding carboxylic acids is 1. The normalized spacial score (nSPS) is 11.7. The molecule has 44 heavy (non-hydrogen) atoms. The molecule has 0 aliphatic heterocycles. The molecule has 0 saturated carbocycles. The van der Waals surface area contributed by atoms with Gasteiger partial charge in [-0.25, -0.2) is 25.6 Å². The number of benzene rings is 2. The monoisotopic (exact) mass is 657 g/mol. The van der Waals surface area contributed by atoms with Gasteiger partial charge in [-0.1, -0.05) is 0 Å². The summed E-state index contributed by atoms with van der Waals surface area (Å²) in [5.41, 5.74) is 5.58. The van der Waals surface area contributed by atoms with E-state index in [0.717, 1.165) is 24.3 Å². The Kier molecular flexibility index (Phi) is 9.49. The van der Waals surface area contributed by atoms with E-state index in [-0.39, 0.29) is 43.0 Å². The molecule has 4 rings (SSSR count). The zero-order valence-electron chi connectivity index (χ0n) is 22.9. The van der Waals surface area contributed by atoms with Crippen molar-refractivity contribution in [3.8, 4) is 0 Å². The second-order valence-corrected chi connectivity index (χ2v) is 13.3. The minimum atomic E-state index is -4.23. The Balaban J connectivity index is 0.000000240. The van der Waals surface area contributed by atoms with Gasteiger partial charge in [-0.15, -0.1) is 0 Å². The SMILES string of the molecule is Cc1c(S(=O)(=O)CC(=O)O)c2cc(F)ccc2n1CC(=O)O.Cc1c(S(=O)(=O)CC(N)=O)c2cc(F)ccc2n1CC(=O)O. The maximum atomic E-state index is 13.5. The number of hydrogen-bond donors (Lipinski definition) is 4. The molecule has 0 atom stereocenters. The predicted octanol–water partition coefficient (Wildman–Crippen LogP) is 1.46. The van der Waals surface area contributed by atoms with Crippen LogP contribution in [0.1, 0.15) is 11.4 Å². The molecule has 2 heterocycles. The number of carbonyl (C=O) groups is 4. The number of rotatable bonds is 10. The molecule has 2 aromatic heterocycles. The molecule has 0 fully saturated rings. The number of fused-ring (bicyclic) bond motifs is 2. The van der Waals surface area contributed by atoms with E-state index in [4.69, 9.17) is 21.1 Å². The fourth-order valence-corrected chi connectivity index (χ4v) is 7.91. The van der Waals surface area contributed by atoms with Crippen LogP contribution in [-0.2, 0) is 51.9 Å². The number of carboxylic acid groups (broad SMARTS) is 3. The van der Waals surface area contributed by atoms with Crippen LogP contribution in [-0.4, -0.2) is 76.6 Å². The van der Waals surface area contributed by atoms with E-state index in [1.54, 1.807) is 0 Å². The van der Waals surface area contributed by atoms with Crippen LogP contribution < -0.4 is 5.73 Å². The van der Waals surface area contributed by atoms with Gasteiger partial charge in [-0.3, -0.25) is 19.2 Å². The van der Waals surface area contributed by atoms with Crippen molar-refractivity contribution in [3.63, 3.8) is 0 Å². The highest BCUT2D eigenvalue weighted by atomic mass is 32.2. The number of hydrogen-bond acceptors (Lipinski definition) is 8. The summed E-state index contributed by atoms with van der Waals surface area (Å²) >= 11 is 0. The summed E-state index contributed by atoms with van der Waals surface area (Å²) in [7, 11) is -8.33. The highest BCUT2D eigenvalue weighted by molar-refractivity contribution is 7.92. The van der Waals surface area contributed by atoms with E-state index in [2.05, 4.69) is 0 Å². The average molecular weight is 658 g/mol. The summed E-state index contributed by atoms with van der Waals surface area (Å²) < 4.78 is 78.4. The van der Waals surface area contributed by atoms with Gasteiger partial charge in [0.05, 0.1) is 20.8 Å². The quantitative estimate of drug-likeness (QED) is 0.191. The summed E-state index contributed by atoms with van der Waals surface area (Å²) in [6.45, 7) is 1.75. The fraction of sp³-hybridized carbons (Fsp3) is 0.231. The summed E-state index contributed by atoms with van der Waals surface area (Å²) in [5.74, 6) is -8.44. The Hall–Kier alpha value is -4.84. The standard InChI is InChI=1S/C13H13FN2O5S.C13H12FNO6S/c1-7-13(22(20,21)6-11(15)17)9-4-8(14)2-3-10(9)16(7)5-12(18)19;1-7-13(22(20,21)6-12(18)19)9-4-8(14)2-3-10(9)15(7)5-11(16)17/h2-4H,5-6H2,1H3,(H2,15,17)(H,18,19);2-4H,5-6H2,1H3,(H,16,17)(H,18,19). The first-order valence-corrected chi connectivity index (χ1v) is 15.5. The van der Waals surface area contributed by atoms with Gasteiger partial charge in [0.15, 0.2) is 25.4 Å². The second-order valence-electron chi connectivity index (χ2n) is 9.49. The van der Waals surface area contributed by atoms with Crippen molar-refractivity contribution in [3.05, 3.63) is 59.4 Å². The number of primary amides is 1. The van der Waals surface area contributed by atoms with E-state index in [1.165, 1.54) is 35.1 Å². The first kappa shape index (κ1) is 33.7. The van der Waals surface area contributed by atoms with Crippen LogP contribution >= 0.6 is 0 Å². The minimum absolute atomic E-state index is 0.0278. The first-order valence-electron chi connectivity index (χ1n) is 12.2. The molecule has 2 aromatic carbocycles. The van der Waals surface area contributed by atoms with E-state index in [0.29, 0.717) is 0 Å². The number of aliphatic carboxylic acids is 3. The number of halogens is 2. The Morgan fingerprint density at radius 2 is 1.05 bits per heavy atom. The largest absolute Gasteiger partial charge is 0.480 e. The molecule has 0 spiro atoms. The van der Waals surface area contributed by atoms with E-state index in [9.17, 15) is 44.8 Å². The van der Waals surface area contributed by atoms with Crippen LogP contribution in [0.4, 0.5) is 8.78 Å². The van der Waals surface area contributed by atoms with E-state index in [1.807, 2.05) is 0 Å². The molecule has 18 heteroatoms. The summed E-state index contributed by atoms with van der Waals surface area (Å²) in [6, 6.07) is 6.69. The lowest BCUT2D eigenvalue weighted by Crippen LogP contribution is -2.23. The number of nitrogens with zero attached hydrogens (tertiary/aromatic N) is 2. The van der Waals surface area contributed by atoms with Crippen LogP contribution in [0.3, 0.4) is 0 Å². The molecule has 236 valence electrons. The van der Waals surface area contributed by atoms with Gasteiger partial charge in [0.1, 0.15) is 30.5 Å². The van der Waals surface area contributed by atoms with Crippen molar-refractivity contribution < 1.29 is 60.1 Å². The average Bonchev–Trinajstić information content (AvgIpc) is 3.27. The van der Waals surface area contributed by atoms with Crippen molar-refractivity contribution >= 4 is 65.3 Å². The van der Waals surface area contributed by atoms with Gasteiger partial charge >= 0.3 is 17.9 Å². The Labute approximate surface area is 247 Å². The maximum absolute atomic E-state index is 13.5. The number of aromatic nitrogens is 2. The van der Waals surface area contributed by atoms with Crippen molar-refractivity contribution in [1.29, 1.82) is 0 Å². The van der Waals surface area contributed by atoms with Gasteiger partial charge in [0.2, 0.25) is 5.91 Å². The Morgan fingerprint density at radius 3 is 1.36 bits per heavy atom. The molecule has 0 radical (unpaired) electrons. The number of sulfone groups is 2. The third kappa shape index (κ3) is 7.03. The topological polar surface area (TPSA) is 233 Å². The smallest absolute Gasteiger partial charge is 0.323 e. The minimum Gasteiger partial charge on any atom is -0.480 e. The van der Waals surface area contributed by atoms with Crippen molar-refractivity contribution in [2.75, 3.05) is 11.5 Å². The van der Waals surface area contributed by atoms with Gasteiger partial charge in [-0.2, -0.15) is 0 Å². The fourth-order valence-electron chi connectivity index (χ4n) is 4.80. The van der Waals surface area contributed by atoms with E-state index < -0.39 is 79.7 Å². The number of nitrogens with two attached hydrogens (primary N) is 1. The molecule has 0 bridgehead atoms. The molecule has 0 saturated heterocycles. The summed E-state index contributed by atoms with van der Waals surface area (Å²) in [6.07, 6.45) is 0. The predicted molar refractivity (Wildman–Crippen MR) is 149 cm³/mol. The van der Waals surface area contributed by atoms with Gasteiger partial charge < -0.3 is 30.2 Å². The van der Waals surface area contributed by atoms with Gasteiger partial charge in [0.25, 0.3) is 0 Å². The van der Waals surface area contributed by atoms with Crippen LogP contribution in [0.25, 0.3) is 21.8 Å². The van der Waals surface area contributed by atoms with Crippen LogP contribution in [0.15, 0.2) is 46.2 Å². The summed E-state index contributed by atoms with van der Waals surface area (Å²) in [5, 5.41) is 26.6. The van der Waals surface area contributed by atoms with Crippen molar-refractivity contribution in [1.82, 2.24) is 9.13 Å². The molecule has 14 nitrogen and oxygen atoms in total. The molecule has 0 aliphatic rings. The first-order chi connectivity index (χ1) is 20.3.